The van der Waals surface area contributed by atoms with Crippen LogP contribution in [0, 0.1) is 18.8 Å². The van der Waals surface area contributed by atoms with Gasteiger partial charge in [0.15, 0.2) is 0 Å². The number of aryl methyl sites for hydroxylation is 1. The van der Waals surface area contributed by atoms with Crippen LogP contribution in [-0.2, 0) is 21.4 Å². The number of piperidine rings is 2. The van der Waals surface area contributed by atoms with Gasteiger partial charge in [0.25, 0.3) is 5.56 Å². The monoisotopic (exact) mass is 455 g/mol. The number of sulfonamides is 1. The van der Waals surface area contributed by atoms with Gasteiger partial charge in [0.05, 0.1) is 4.90 Å². The summed E-state index contributed by atoms with van der Waals surface area (Å²) in [4.78, 5) is 27.8. The van der Waals surface area contributed by atoms with Crippen molar-refractivity contribution >= 4 is 15.9 Å². The molecule has 170 valence electrons. The maximum Gasteiger partial charge on any atom is 0.250 e. The number of hydrogen-bond acceptors (Lipinski definition) is 4. The Kier molecular flexibility index (Phi) is 5.45. The van der Waals surface area contributed by atoms with E-state index in [2.05, 4.69) is 0 Å². The normalized spacial score (nSPS) is 24.2. The first-order valence-electron chi connectivity index (χ1n) is 11.4. The van der Waals surface area contributed by atoms with Crippen LogP contribution in [0.5, 0.6) is 0 Å². The molecular formula is C24H29N3O4S. The molecule has 3 aliphatic rings. The lowest BCUT2D eigenvalue weighted by Crippen LogP contribution is -2.52. The number of aromatic nitrogens is 1. The van der Waals surface area contributed by atoms with E-state index in [1.165, 1.54) is 4.31 Å². The highest BCUT2D eigenvalue weighted by Gasteiger charge is 2.39. The number of nitrogens with zero attached hydrogens (tertiary/aromatic N) is 3. The van der Waals surface area contributed by atoms with Crippen LogP contribution in [0.15, 0.2) is 52.2 Å². The molecular weight excluding hydrogens is 426 g/mol. The van der Waals surface area contributed by atoms with E-state index in [1.807, 2.05) is 34.6 Å². The lowest BCUT2D eigenvalue weighted by molar-refractivity contribution is -0.139. The predicted molar refractivity (Wildman–Crippen MR) is 121 cm³/mol. The fourth-order valence-electron chi connectivity index (χ4n) is 5.54. The Labute approximate surface area is 188 Å². The highest BCUT2D eigenvalue weighted by molar-refractivity contribution is 7.89. The van der Waals surface area contributed by atoms with Gasteiger partial charge in [-0.3, -0.25) is 9.59 Å². The largest absolute Gasteiger partial charge is 0.341 e. The first-order chi connectivity index (χ1) is 15.3. The maximum absolute atomic E-state index is 13.3. The van der Waals surface area contributed by atoms with Gasteiger partial charge in [-0.25, -0.2) is 8.42 Å². The number of amides is 1. The van der Waals surface area contributed by atoms with Crippen LogP contribution < -0.4 is 5.56 Å². The zero-order chi connectivity index (χ0) is 22.5. The SMILES string of the molecule is Cc1ccc(S(=O)(=O)N2CCC(C(=O)N3C[C@@H]4C[C@H](C3)c3cccc(=O)n3C4)CC2)cc1. The second kappa shape index (κ2) is 8.15. The fourth-order valence-corrected chi connectivity index (χ4v) is 7.01. The summed E-state index contributed by atoms with van der Waals surface area (Å²) in [5.74, 6) is 0.490. The minimum absolute atomic E-state index is 0.0409. The van der Waals surface area contributed by atoms with Gasteiger partial charge in [0.1, 0.15) is 0 Å². The highest BCUT2D eigenvalue weighted by Crippen LogP contribution is 2.36. The summed E-state index contributed by atoms with van der Waals surface area (Å²) >= 11 is 0. The van der Waals surface area contributed by atoms with Gasteiger partial charge in [-0.15, -0.1) is 0 Å². The van der Waals surface area contributed by atoms with E-state index in [0.29, 0.717) is 56.4 Å². The number of likely N-dealkylation sites (tertiary alicyclic amines) is 1. The maximum atomic E-state index is 13.3. The van der Waals surface area contributed by atoms with Crippen LogP contribution >= 0.6 is 0 Å². The first-order valence-corrected chi connectivity index (χ1v) is 12.8. The molecule has 5 rings (SSSR count). The van der Waals surface area contributed by atoms with Crippen molar-refractivity contribution in [3.05, 3.63) is 64.1 Å². The number of pyridine rings is 1. The van der Waals surface area contributed by atoms with Crippen LogP contribution in [0.3, 0.4) is 0 Å². The summed E-state index contributed by atoms with van der Waals surface area (Å²) in [6.45, 7) is 4.65. The van der Waals surface area contributed by atoms with E-state index < -0.39 is 10.0 Å². The predicted octanol–water partition coefficient (Wildman–Crippen LogP) is 2.20. The van der Waals surface area contributed by atoms with Gasteiger partial charge in [0.2, 0.25) is 15.9 Å². The number of carbonyl (C=O) groups excluding carboxylic acids is 1. The molecule has 2 atom stereocenters. The molecule has 0 spiro atoms. The number of benzene rings is 1. The summed E-state index contributed by atoms with van der Waals surface area (Å²) < 4.78 is 29.3. The molecule has 2 fully saturated rings. The van der Waals surface area contributed by atoms with E-state index in [-0.39, 0.29) is 23.3 Å². The van der Waals surface area contributed by atoms with Crippen molar-refractivity contribution in [2.75, 3.05) is 26.2 Å². The molecule has 3 aliphatic heterocycles. The lowest BCUT2D eigenvalue weighted by Gasteiger charge is -2.44. The molecule has 0 saturated carbocycles. The summed E-state index contributed by atoms with van der Waals surface area (Å²) in [6.07, 6.45) is 2.11. The van der Waals surface area contributed by atoms with E-state index in [0.717, 1.165) is 17.7 Å². The van der Waals surface area contributed by atoms with Crippen molar-refractivity contribution in [3.8, 4) is 0 Å². The molecule has 1 aromatic heterocycles. The summed E-state index contributed by atoms with van der Waals surface area (Å²) in [5.41, 5.74) is 2.09. The molecule has 32 heavy (non-hydrogen) atoms. The van der Waals surface area contributed by atoms with Crippen LogP contribution in [0.25, 0.3) is 0 Å². The topological polar surface area (TPSA) is 79.7 Å². The zero-order valence-corrected chi connectivity index (χ0v) is 19.1. The zero-order valence-electron chi connectivity index (χ0n) is 18.3. The number of rotatable bonds is 3. The third-order valence-corrected chi connectivity index (χ3v) is 9.17. The highest BCUT2D eigenvalue weighted by atomic mass is 32.2. The van der Waals surface area contributed by atoms with Crippen molar-refractivity contribution in [1.82, 2.24) is 13.8 Å². The molecule has 0 N–H and O–H groups in total. The molecule has 2 aromatic rings. The summed E-state index contributed by atoms with van der Waals surface area (Å²) in [5, 5.41) is 0. The van der Waals surface area contributed by atoms with Crippen molar-refractivity contribution in [2.45, 2.75) is 43.5 Å². The van der Waals surface area contributed by atoms with Crippen LogP contribution in [0.2, 0.25) is 0 Å². The second-order valence-electron chi connectivity index (χ2n) is 9.43. The van der Waals surface area contributed by atoms with Crippen molar-refractivity contribution < 1.29 is 13.2 Å². The molecule has 0 unspecified atom stereocenters. The van der Waals surface area contributed by atoms with Gasteiger partial charge < -0.3 is 9.47 Å². The van der Waals surface area contributed by atoms with Crippen molar-refractivity contribution in [2.24, 2.45) is 11.8 Å². The molecule has 7 nitrogen and oxygen atoms in total. The standard InChI is InChI=1S/C24H29N3O4S/c1-17-5-7-21(8-6-17)32(30,31)26-11-9-19(10-12-26)24(29)25-14-18-13-20(16-25)22-3-2-4-23(28)27(22)15-18/h2-8,18-20H,9-16H2,1H3/t18-,20+/m0/s1. The lowest BCUT2D eigenvalue weighted by atomic mass is 9.82. The van der Waals surface area contributed by atoms with Crippen LogP contribution in [0.4, 0.5) is 0 Å². The van der Waals surface area contributed by atoms with Crippen molar-refractivity contribution in [3.63, 3.8) is 0 Å². The molecule has 0 aliphatic carbocycles. The third-order valence-electron chi connectivity index (χ3n) is 7.25. The first kappa shape index (κ1) is 21.4. The Morgan fingerprint density at radius 2 is 1.69 bits per heavy atom. The molecule has 1 aromatic carbocycles. The molecule has 1 amide bonds. The van der Waals surface area contributed by atoms with Gasteiger partial charge in [0, 0.05) is 56.3 Å². The van der Waals surface area contributed by atoms with Crippen molar-refractivity contribution in [1.29, 1.82) is 0 Å². The average molecular weight is 456 g/mol. The average Bonchev–Trinajstić information content (AvgIpc) is 2.79. The Hall–Kier alpha value is -2.45. The molecule has 8 heteroatoms. The third kappa shape index (κ3) is 3.79. The van der Waals surface area contributed by atoms with Gasteiger partial charge in [-0.2, -0.15) is 4.31 Å². The Morgan fingerprint density at radius 3 is 2.41 bits per heavy atom. The number of carbonyl (C=O) groups is 1. The fraction of sp³-hybridized carbons (Fsp3) is 0.500. The van der Waals surface area contributed by atoms with Crippen LogP contribution in [-0.4, -0.2) is 54.3 Å². The van der Waals surface area contributed by atoms with E-state index >= 15 is 0 Å². The van der Waals surface area contributed by atoms with E-state index in [1.54, 1.807) is 24.3 Å². The second-order valence-corrected chi connectivity index (χ2v) is 11.4. The Bertz CT molecular complexity index is 1180. The van der Waals surface area contributed by atoms with E-state index in [9.17, 15) is 18.0 Å². The number of fused-ring (bicyclic) bond motifs is 4. The van der Waals surface area contributed by atoms with Gasteiger partial charge in [-0.05, 0) is 50.3 Å². The van der Waals surface area contributed by atoms with Crippen LogP contribution in [0.1, 0.15) is 36.4 Å². The summed E-state index contributed by atoms with van der Waals surface area (Å²) in [7, 11) is -3.53. The van der Waals surface area contributed by atoms with Gasteiger partial charge in [-0.1, -0.05) is 23.8 Å². The smallest absolute Gasteiger partial charge is 0.250 e. The van der Waals surface area contributed by atoms with E-state index in [4.69, 9.17) is 0 Å². The minimum Gasteiger partial charge on any atom is -0.341 e. The Balaban J connectivity index is 1.25. The molecule has 0 radical (unpaired) electrons. The summed E-state index contributed by atoms with van der Waals surface area (Å²) in [6, 6.07) is 12.3. The van der Waals surface area contributed by atoms with Gasteiger partial charge >= 0.3 is 0 Å². The minimum atomic E-state index is -3.53. The molecule has 4 heterocycles. The molecule has 2 bridgehead atoms. The number of hydrogen-bond donors (Lipinski definition) is 0. The Morgan fingerprint density at radius 1 is 0.969 bits per heavy atom. The quantitative estimate of drug-likeness (QED) is 0.711. The molecule has 2 saturated heterocycles.